The van der Waals surface area contributed by atoms with Crippen LogP contribution in [-0.4, -0.2) is 28.5 Å². The molecule has 0 spiro atoms. The number of piperidine rings is 1. The normalized spacial score (nSPS) is 18.3. The number of hydrogen-bond acceptors (Lipinski definition) is 5. The average molecular weight is 250 g/mol. The Hall–Kier alpha value is -1.69. The molecule has 0 bridgehead atoms. The van der Waals surface area contributed by atoms with Gasteiger partial charge in [-0.3, -0.25) is 10.1 Å². The van der Waals surface area contributed by atoms with Gasteiger partial charge in [0.15, 0.2) is 0 Å². The van der Waals surface area contributed by atoms with Gasteiger partial charge in [0, 0.05) is 17.3 Å². The molecular weight excluding hydrogens is 232 g/mol. The van der Waals surface area contributed by atoms with Gasteiger partial charge in [0.2, 0.25) is 0 Å². The zero-order valence-corrected chi connectivity index (χ0v) is 10.7. The SMILES string of the molecule is Cc1cnc(NC2(C)CCNCC2)cc1[N+](=O)[O-]. The summed E-state index contributed by atoms with van der Waals surface area (Å²) in [7, 11) is 0. The van der Waals surface area contributed by atoms with Crippen molar-refractivity contribution in [2.45, 2.75) is 32.2 Å². The van der Waals surface area contributed by atoms with E-state index in [1.54, 1.807) is 13.1 Å². The second kappa shape index (κ2) is 4.89. The molecule has 0 atom stereocenters. The maximum atomic E-state index is 10.9. The number of aryl methyl sites for hydroxylation is 1. The third-order valence-electron chi connectivity index (χ3n) is 3.41. The van der Waals surface area contributed by atoms with Gasteiger partial charge < -0.3 is 10.6 Å². The minimum Gasteiger partial charge on any atom is -0.365 e. The molecule has 1 saturated heterocycles. The number of aromatic nitrogens is 1. The van der Waals surface area contributed by atoms with Crippen molar-refractivity contribution in [3.8, 4) is 0 Å². The molecule has 98 valence electrons. The standard InChI is InChI=1S/C12H18N4O2/c1-9-8-14-11(7-10(9)16(17)18)15-12(2)3-5-13-6-4-12/h7-8,13H,3-6H2,1-2H3,(H,14,15). The van der Waals surface area contributed by atoms with Crippen molar-refractivity contribution in [3.05, 3.63) is 27.9 Å². The van der Waals surface area contributed by atoms with Crippen LogP contribution in [0.25, 0.3) is 0 Å². The van der Waals surface area contributed by atoms with E-state index in [2.05, 4.69) is 22.5 Å². The third-order valence-corrected chi connectivity index (χ3v) is 3.41. The van der Waals surface area contributed by atoms with Crippen molar-refractivity contribution in [1.82, 2.24) is 10.3 Å². The largest absolute Gasteiger partial charge is 0.365 e. The Morgan fingerprint density at radius 3 is 2.78 bits per heavy atom. The van der Waals surface area contributed by atoms with Gasteiger partial charge in [-0.05, 0) is 39.8 Å². The molecule has 2 rings (SSSR count). The van der Waals surface area contributed by atoms with Gasteiger partial charge in [-0.15, -0.1) is 0 Å². The van der Waals surface area contributed by atoms with Gasteiger partial charge in [-0.2, -0.15) is 0 Å². The van der Waals surface area contributed by atoms with Crippen molar-refractivity contribution in [1.29, 1.82) is 0 Å². The summed E-state index contributed by atoms with van der Waals surface area (Å²) in [6, 6.07) is 1.52. The summed E-state index contributed by atoms with van der Waals surface area (Å²) < 4.78 is 0. The van der Waals surface area contributed by atoms with Gasteiger partial charge in [0.05, 0.1) is 11.0 Å². The molecule has 0 aliphatic carbocycles. The fourth-order valence-corrected chi connectivity index (χ4v) is 2.19. The summed E-state index contributed by atoms with van der Waals surface area (Å²) in [6.07, 6.45) is 3.51. The van der Waals surface area contributed by atoms with Crippen LogP contribution < -0.4 is 10.6 Å². The van der Waals surface area contributed by atoms with Crippen molar-refractivity contribution >= 4 is 11.5 Å². The molecule has 1 aromatic heterocycles. The zero-order chi connectivity index (χ0) is 13.2. The second-order valence-corrected chi connectivity index (χ2v) is 5.05. The molecule has 2 heterocycles. The van der Waals surface area contributed by atoms with Crippen LogP contribution in [0.1, 0.15) is 25.3 Å². The number of nitrogens with zero attached hydrogens (tertiary/aromatic N) is 2. The van der Waals surface area contributed by atoms with Crippen LogP contribution in [0.4, 0.5) is 11.5 Å². The molecule has 0 aromatic carbocycles. The minimum atomic E-state index is -0.368. The Balaban J connectivity index is 2.18. The van der Waals surface area contributed by atoms with E-state index in [0.717, 1.165) is 25.9 Å². The first kappa shape index (κ1) is 12.8. The molecule has 2 N–H and O–H groups in total. The second-order valence-electron chi connectivity index (χ2n) is 5.05. The molecule has 1 aromatic rings. The smallest absolute Gasteiger partial charge is 0.277 e. The molecule has 18 heavy (non-hydrogen) atoms. The minimum absolute atomic E-state index is 0.0403. The Morgan fingerprint density at radius 2 is 2.17 bits per heavy atom. The summed E-state index contributed by atoms with van der Waals surface area (Å²) in [5, 5.41) is 17.5. The van der Waals surface area contributed by atoms with E-state index in [-0.39, 0.29) is 16.1 Å². The number of hydrogen-bond donors (Lipinski definition) is 2. The summed E-state index contributed by atoms with van der Waals surface area (Å²) >= 11 is 0. The number of rotatable bonds is 3. The lowest BCUT2D eigenvalue weighted by atomic mass is 9.90. The predicted octanol–water partition coefficient (Wildman–Crippen LogP) is 1.85. The van der Waals surface area contributed by atoms with Crippen LogP contribution in [-0.2, 0) is 0 Å². The zero-order valence-electron chi connectivity index (χ0n) is 10.7. The molecule has 0 unspecified atom stereocenters. The Bertz CT molecular complexity index is 455. The summed E-state index contributed by atoms with van der Waals surface area (Å²) in [5.41, 5.74) is 0.660. The first-order valence-electron chi connectivity index (χ1n) is 6.10. The Labute approximate surface area is 106 Å². The Morgan fingerprint density at radius 1 is 1.50 bits per heavy atom. The van der Waals surface area contributed by atoms with Crippen molar-refractivity contribution in [3.63, 3.8) is 0 Å². The summed E-state index contributed by atoms with van der Waals surface area (Å²) in [5.74, 6) is 0.580. The molecule has 0 saturated carbocycles. The molecule has 0 radical (unpaired) electrons. The average Bonchev–Trinajstić information content (AvgIpc) is 2.32. The van der Waals surface area contributed by atoms with Crippen LogP contribution in [0.5, 0.6) is 0 Å². The van der Waals surface area contributed by atoms with Gasteiger partial charge in [0.25, 0.3) is 5.69 Å². The highest BCUT2D eigenvalue weighted by molar-refractivity contribution is 5.50. The third kappa shape index (κ3) is 2.76. The number of anilines is 1. The quantitative estimate of drug-likeness (QED) is 0.632. The van der Waals surface area contributed by atoms with Crippen molar-refractivity contribution in [2.24, 2.45) is 0 Å². The lowest BCUT2D eigenvalue weighted by Gasteiger charge is -2.35. The molecule has 1 fully saturated rings. The Kier molecular flexibility index (Phi) is 3.47. The van der Waals surface area contributed by atoms with Gasteiger partial charge in [0.1, 0.15) is 5.82 Å². The number of nitrogens with one attached hydrogen (secondary N) is 2. The van der Waals surface area contributed by atoms with Crippen LogP contribution in [0, 0.1) is 17.0 Å². The fourth-order valence-electron chi connectivity index (χ4n) is 2.19. The number of pyridine rings is 1. The van der Waals surface area contributed by atoms with E-state index < -0.39 is 0 Å². The lowest BCUT2D eigenvalue weighted by molar-refractivity contribution is -0.385. The fraction of sp³-hybridized carbons (Fsp3) is 0.583. The maximum Gasteiger partial charge on any atom is 0.277 e. The van der Waals surface area contributed by atoms with E-state index >= 15 is 0 Å². The summed E-state index contributed by atoms with van der Waals surface area (Å²) in [6.45, 7) is 5.73. The summed E-state index contributed by atoms with van der Waals surface area (Å²) in [4.78, 5) is 14.7. The molecular formula is C12H18N4O2. The first-order chi connectivity index (χ1) is 8.50. The molecule has 1 aliphatic rings. The van der Waals surface area contributed by atoms with Crippen molar-refractivity contribution < 1.29 is 4.92 Å². The molecule has 6 heteroatoms. The van der Waals surface area contributed by atoms with E-state index in [1.807, 2.05) is 0 Å². The lowest BCUT2D eigenvalue weighted by Crippen LogP contribution is -2.45. The topological polar surface area (TPSA) is 80.1 Å². The highest BCUT2D eigenvalue weighted by Crippen LogP contribution is 2.26. The van der Waals surface area contributed by atoms with Crippen LogP contribution in [0.3, 0.4) is 0 Å². The van der Waals surface area contributed by atoms with E-state index in [0.29, 0.717) is 11.4 Å². The predicted molar refractivity (Wildman–Crippen MR) is 69.8 cm³/mol. The van der Waals surface area contributed by atoms with E-state index in [1.165, 1.54) is 6.07 Å². The number of nitro groups is 1. The highest BCUT2D eigenvalue weighted by Gasteiger charge is 2.27. The van der Waals surface area contributed by atoms with Crippen LogP contribution >= 0.6 is 0 Å². The van der Waals surface area contributed by atoms with Crippen LogP contribution in [0.15, 0.2) is 12.3 Å². The van der Waals surface area contributed by atoms with Crippen molar-refractivity contribution in [2.75, 3.05) is 18.4 Å². The molecule has 6 nitrogen and oxygen atoms in total. The molecule has 1 aliphatic heterocycles. The van der Waals surface area contributed by atoms with E-state index in [4.69, 9.17) is 0 Å². The maximum absolute atomic E-state index is 10.9. The van der Waals surface area contributed by atoms with Gasteiger partial charge in [-0.1, -0.05) is 0 Å². The van der Waals surface area contributed by atoms with E-state index in [9.17, 15) is 10.1 Å². The van der Waals surface area contributed by atoms with Gasteiger partial charge in [-0.25, -0.2) is 4.98 Å². The monoisotopic (exact) mass is 250 g/mol. The molecule has 0 amide bonds. The highest BCUT2D eigenvalue weighted by atomic mass is 16.6. The van der Waals surface area contributed by atoms with Gasteiger partial charge >= 0.3 is 0 Å². The van der Waals surface area contributed by atoms with Crippen LogP contribution in [0.2, 0.25) is 0 Å². The first-order valence-corrected chi connectivity index (χ1v) is 6.10.